The van der Waals surface area contributed by atoms with Crippen LogP contribution in [0.4, 0.5) is 4.39 Å². The van der Waals surface area contributed by atoms with Gasteiger partial charge in [0, 0.05) is 49.2 Å². The minimum Gasteiger partial charge on any atom is -0.487 e. The Labute approximate surface area is 246 Å². The zero-order chi connectivity index (χ0) is 30.8. The number of nitrogens with two attached hydrogens (primary N) is 2. The molecule has 2 unspecified atom stereocenters. The van der Waals surface area contributed by atoms with Crippen molar-refractivity contribution in [1.82, 2.24) is 14.8 Å². The smallest absolute Gasteiger partial charge is 0.222 e. The Kier molecular flexibility index (Phi) is 14.3. The first kappa shape index (κ1) is 35.5. The van der Waals surface area contributed by atoms with Gasteiger partial charge in [-0.3, -0.25) is 9.69 Å². The maximum atomic E-state index is 14.1. The Morgan fingerprint density at radius 3 is 2.33 bits per heavy atom. The molecule has 2 aliphatic heterocycles. The average Bonchev–Trinajstić information content (AvgIpc) is 3.28. The van der Waals surface area contributed by atoms with Crippen LogP contribution in [0, 0.1) is 0 Å². The second-order valence-electron chi connectivity index (χ2n) is 11.1. The molecular weight excluding hydrogens is 529 g/mol. The molecule has 0 aromatic heterocycles. The summed E-state index contributed by atoms with van der Waals surface area (Å²) in [5, 5.41) is 1.87. The molecule has 2 heterocycles. The highest BCUT2D eigenvalue weighted by Crippen LogP contribution is 2.43. The number of hydrogen-bond acceptors (Lipinski definition) is 6. The lowest BCUT2D eigenvalue weighted by Crippen LogP contribution is -2.51. The van der Waals surface area contributed by atoms with E-state index in [0.29, 0.717) is 23.7 Å². The third-order valence-corrected chi connectivity index (χ3v) is 7.18. The van der Waals surface area contributed by atoms with Crippen molar-refractivity contribution in [2.24, 2.45) is 11.6 Å². The van der Waals surface area contributed by atoms with Crippen molar-refractivity contribution < 1.29 is 13.9 Å². The van der Waals surface area contributed by atoms with E-state index in [2.05, 4.69) is 38.0 Å². The lowest BCUT2D eigenvalue weighted by Gasteiger charge is -2.47. The number of halogens is 2. The fourth-order valence-electron chi connectivity index (χ4n) is 5.00. The molecule has 0 spiro atoms. The van der Waals surface area contributed by atoms with Crippen molar-refractivity contribution in [3.8, 4) is 5.75 Å². The summed E-state index contributed by atoms with van der Waals surface area (Å²) in [5.74, 6) is 6.60. The van der Waals surface area contributed by atoms with Gasteiger partial charge in [0.1, 0.15) is 18.5 Å². The first-order chi connectivity index (χ1) is 18.7. The molecule has 2 atom stereocenters. The van der Waals surface area contributed by atoms with Crippen molar-refractivity contribution in [2.45, 2.75) is 92.4 Å². The Hall–Kier alpha value is -2.51. The van der Waals surface area contributed by atoms with Crippen LogP contribution in [-0.2, 0) is 11.2 Å². The molecule has 1 aromatic carbocycles. The van der Waals surface area contributed by atoms with E-state index in [0.717, 1.165) is 42.6 Å². The van der Waals surface area contributed by atoms with Crippen LogP contribution in [0.5, 0.6) is 5.75 Å². The Morgan fingerprint density at radius 1 is 1.27 bits per heavy atom. The van der Waals surface area contributed by atoms with Gasteiger partial charge in [0.2, 0.25) is 5.91 Å². The lowest BCUT2D eigenvalue weighted by atomic mass is 9.87. The zero-order valence-corrected chi connectivity index (χ0v) is 26.8. The molecule has 4 N–H and O–H groups in total. The van der Waals surface area contributed by atoms with Gasteiger partial charge in [-0.2, -0.15) is 0 Å². The van der Waals surface area contributed by atoms with Crippen molar-refractivity contribution in [1.29, 1.82) is 0 Å². The summed E-state index contributed by atoms with van der Waals surface area (Å²) in [6.45, 7) is 21.4. The molecule has 9 heteroatoms. The number of alkyl halides is 1. The molecule has 1 fully saturated rings. The Bertz CT molecular complexity index is 1060. The number of carbonyl (C=O) groups is 1. The van der Waals surface area contributed by atoms with Gasteiger partial charge in [-0.25, -0.2) is 10.2 Å². The van der Waals surface area contributed by atoms with Crippen molar-refractivity contribution in [3.63, 3.8) is 0 Å². The normalized spacial score (nSPS) is 18.2. The summed E-state index contributed by atoms with van der Waals surface area (Å²) in [4.78, 5) is 16.8. The highest BCUT2D eigenvalue weighted by atomic mass is 35.5. The molecular formula is C31H51ClFN5O2. The van der Waals surface area contributed by atoms with E-state index in [-0.39, 0.29) is 35.5 Å². The Balaban J connectivity index is 0.00000103. The van der Waals surface area contributed by atoms with E-state index in [1.165, 1.54) is 11.9 Å². The maximum Gasteiger partial charge on any atom is 0.222 e. The van der Waals surface area contributed by atoms with Gasteiger partial charge in [0.05, 0.1) is 17.4 Å². The third kappa shape index (κ3) is 9.55. The molecule has 1 amide bonds. The van der Waals surface area contributed by atoms with Crippen LogP contribution in [0.25, 0.3) is 0 Å². The molecule has 40 heavy (non-hydrogen) atoms. The van der Waals surface area contributed by atoms with Gasteiger partial charge in [-0.1, -0.05) is 32.0 Å². The molecule has 226 valence electrons. The summed E-state index contributed by atoms with van der Waals surface area (Å²) in [6.07, 6.45) is 0.918. The van der Waals surface area contributed by atoms with Gasteiger partial charge in [-0.15, -0.1) is 5.73 Å². The van der Waals surface area contributed by atoms with Gasteiger partial charge >= 0.3 is 0 Å². The van der Waals surface area contributed by atoms with E-state index in [9.17, 15) is 9.18 Å². The number of fused-ring (bicyclic) bond motifs is 1. The highest BCUT2D eigenvalue weighted by Gasteiger charge is 2.39. The quantitative estimate of drug-likeness (QED) is 0.229. The summed E-state index contributed by atoms with van der Waals surface area (Å²) in [5.41, 5.74) is 12.3. The first-order valence-electron chi connectivity index (χ1n) is 14.1. The molecule has 0 aliphatic carbocycles. The number of hydrazine groups is 1. The van der Waals surface area contributed by atoms with Crippen molar-refractivity contribution >= 4 is 17.5 Å². The Morgan fingerprint density at radius 2 is 1.88 bits per heavy atom. The zero-order valence-electron chi connectivity index (χ0n) is 26.0. The standard InChI is InChI=1S/C24H37ClFN5O2.C5H8.C2H6/c1-15(26)23(29(5)28)18(27)14-33-20-9-8-17(25)16-10-12-31(24(2,3)4)19(22(16)20)13-30-11-6-7-21(30)32;1-4-5(2)3;1-2/h8-9,15,19H,6-7,10-14,27-28H2,1-5H3;1H2,2-3H3;1-2H3/b23-18-;;. The molecule has 1 aromatic rings. The number of carbonyl (C=O) groups excluding carboxylic acids is 1. The third-order valence-electron chi connectivity index (χ3n) is 6.82. The number of likely N-dealkylation sites (tertiary alicyclic amines) is 1. The molecule has 7 nitrogen and oxygen atoms in total. The number of hydrogen-bond donors (Lipinski definition) is 2. The number of benzene rings is 1. The fourth-order valence-corrected chi connectivity index (χ4v) is 5.26. The van der Waals surface area contributed by atoms with Gasteiger partial charge < -0.3 is 20.4 Å². The number of amides is 1. The second kappa shape index (κ2) is 16.1. The van der Waals surface area contributed by atoms with Crippen LogP contribution >= 0.6 is 11.6 Å². The number of rotatable bonds is 7. The minimum absolute atomic E-state index is 0.00983. The number of nitrogens with zero attached hydrogens (tertiary/aromatic N) is 3. The summed E-state index contributed by atoms with van der Waals surface area (Å²) < 4.78 is 20.2. The average molecular weight is 580 g/mol. The van der Waals surface area contributed by atoms with Crippen molar-refractivity contribution in [3.05, 3.63) is 57.6 Å². The first-order valence-corrected chi connectivity index (χ1v) is 14.5. The highest BCUT2D eigenvalue weighted by molar-refractivity contribution is 6.31. The molecule has 0 radical (unpaired) electrons. The van der Waals surface area contributed by atoms with Crippen LogP contribution in [0.15, 0.2) is 41.4 Å². The summed E-state index contributed by atoms with van der Waals surface area (Å²) >= 11 is 6.62. The van der Waals surface area contributed by atoms with Gasteiger partial charge in [0.15, 0.2) is 0 Å². The van der Waals surface area contributed by atoms with E-state index < -0.39 is 6.17 Å². The topological polar surface area (TPSA) is 88.1 Å². The molecule has 2 aliphatic rings. The van der Waals surface area contributed by atoms with Gasteiger partial charge in [-0.05, 0) is 77.7 Å². The molecule has 0 saturated carbocycles. The minimum atomic E-state index is -1.33. The van der Waals surface area contributed by atoms with Crippen LogP contribution in [-0.4, -0.2) is 65.7 Å². The predicted octanol–water partition coefficient (Wildman–Crippen LogP) is 6.14. The van der Waals surface area contributed by atoms with E-state index in [1.807, 2.05) is 44.7 Å². The van der Waals surface area contributed by atoms with Crippen molar-refractivity contribution in [2.75, 3.05) is 33.3 Å². The van der Waals surface area contributed by atoms with Crippen LogP contribution in [0.1, 0.15) is 85.4 Å². The number of ether oxygens (including phenoxy) is 1. The molecule has 3 rings (SSSR count). The van der Waals surface area contributed by atoms with E-state index in [4.69, 9.17) is 27.9 Å². The van der Waals surface area contributed by atoms with E-state index >= 15 is 0 Å². The monoisotopic (exact) mass is 579 g/mol. The van der Waals surface area contributed by atoms with E-state index in [1.54, 1.807) is 7.05 Å². The van der Waals surface area contributed by atoms with Crippen LogP contribution in [0.2, 0.25) is 5.02 Å². The predicted molar refractivity (Wildman–Crippen MR) is 165 cm³/mol. The fraction of sp³-hybridized carbons (Fsp3) is 0.613. The second-order valence-corrected chi connectivity index (χ2v) is 11.5. The number of allylic oxidation sites excluding steroid dienone is 2. The SMILES string of the molecule is C=C=C(C)C.CC.CC(F)/C(=C(/N)COc1ccc(Cl)c2c1C(CN1CCCC1=O)N(C(C)(C)C)CC2)N(C)N. The van der Waals surface area contributed by atoms with Crippen LogP contribution < -0.4 is 16.3 Å². The largest absolute Gasteiger partial charge is 0.487 e. The lowest BCUT2D eigenvalue weighted by molar-refractivity contribution is -0.128. The van der Waals surface area contributed by atoms with Gasteiger partial charge in [0.25, 0.3) is 0 Å². The summed E-state index contributed by atoms with van der Waals surface area (Å²) in [6, 6.07) is 3.59. The summed E-state index contributed by atoms with van der Waals surface area (Å²) in [7, 11) is 1.55. The molecule has 1 saturated heterocycles. The van der Waals surface area contributed by atoms with Crippen LogP contribution in [0.3, 0.4) is 0 Å². The maximum absolute atomic E-state index is 14.1. The molecule has 0 bridgehead atoms.